The van der Waals surface area contributed by atoms with Crippen molar-refractivity contribution >= 4 is 15.7 Å². The molecule has 3 rings (SSSR count). The van der Waals surface area contributed by atoms with Crippen LogP contribution in [0.3, 0.4) is 0 Å². The van der Waals surface area contributed by atoms with Crippen molar-refractivity contribution in [2.24, 2.45) is 0 Å². The van der Waals surface area contributed by atoms with E-state index < -0.39 is 27.8 Å². The summed E-state index contributed by atoms with van der Waals surface area (Å²) in [6.45, 7) is 1.28. The van der Waals surface area contributed by atoms with Gasteiger partial charge in [-0.1, -0.05) is 18.2 Å². The summed E-state index contributed by atoms with van der Waals surface area (Å²) in [5, 5.41) is 4.30. The Morgan fingerprint density at radius 3 is 2.58 bits per heavy atom. The molecule has 1 saturated heterocycles. The van der Waals surface area contributed by atoms with Gasteiger partial charge in [0.2, 0.25) is 5.91 Å². The third kappa shape index (κ3) is 4.90. The number of hydrogen-bond donors (Lipinski definition) is 0. The molecule has 1 amide bonds. The average molecular weight is 379 g/mol. The fourth-order valence-corrected chi connectivity index (χ4v) is 3.34. The van der Waals surface area contributed by atoms with Crippen LogP contribution in [0.5, 0.6) is 0 Å². The van der Waals surface area contributed by atoms with E-state index in [0.717, 1.165) is 17.6 Å². The minimum absolute atomic E-state index is 0.161. The van der Waals surface area contributed by atoms with Gasteiger partial charge in [-0.3, -0.25) is 4.79 Å². The molecule has 1 fully saturated rings. The van der Waals surface area contributed by atoms with Crippen molar-refractivity contribution in [1.29, 1.82) is 0 Å². The maximum absolute atomic E-state index is 12.5. The van der Waals surface area contributed by atoms with E-state index in [1.165, 1.54) is 4.90 Å². The topological polar surface area (TPSA) is 90.7 Å². The zero-order chi connectivity index (χ0) is 18.6. The van der Waals surface area contributed by atoms with E-state index in [1.807, 2.05) is 30.3 Å². The van der Waals surface area contributed by atoms with Crippen LogP contribution in [-0.4, -0.2) is 67.1 Å². The maximum atomic E-state index is 12.5. The summed E-state index contributed by atoms with van der Waals surface area (Å²) in [5.74, 6) is -1.05. The standard InChI is InChI=1S/C17H21N3O5S/c1-26(22,23)13-16(21)19(12-17-24-9-10-25-17)11-15-7-8-18-20(15)14-5-3-2-4-6-14/h2-8,17H,9-13H2,1H3. The summed E-state index contributed by atoms with van der Waals surface area (Å²) in [7, 11) is -3.44. The van der Waals surface area contributed by atoms with E-state index >= 15 is 0 Å². The Bertz CT molecular complexity index is 844. The molecular formula is C17H21N3O5S. The first kappa shape index (κ1) is 18.6. The predicted octanol–water partition coefficient (Wildman–Crippen LogP) is 0.618. The number of sulfone groups is 1. The number of ether oxygens (including phenoxy) is 2. The zero-order valence-corrected chi connectivity index (χ0v) is 15.3. The first-order chi connectivity index (χ1) is 12.4. The molecule has 1 aliphatic rings. The van der Waals surface area contributed by atoms with Gasteiger partial charge in [0.05, 0.1) is 37.7 Å². The molecule has 2 heterocycles. The molecule has 1 aliphatic heterocycles. The van der Waals surface area contributed by atoms with Gasteiger partial charge in [0, 0.05) is 12.5 Å². The van der Waals surface area contributed by atoms with Crippen molar-refractivity contribution in [2.75, 3.05) is 31.8 Å². The summed E-state index contributed by atoms with van der Waals surface area (Å²) in [6.07, 6.45) is 2.14. The fourth-order valence-electron chi connectivity index (χ4n) is 2.71. The van der Waals surface area contributed by atoms with E-state index in [4.69, 9.17) is 9.47 Å². The number of hydrogen-bond acceptors (Lipinski definition) is 6. The second kappa shape index (κ2) is 7.98. The van der Waals surface area contributed by atoms with E-state index in [-0.39, 0.29) is 13.1 Å². The monoisotopic (exact) mass is 379 g/mol. The van der Waals surface area contributed by atoms with E-state index in [2.05, 4.69) is 5.10 Å². The van der Waals surface area contributed by atoms with Gasteiger partial charge in [-0.25, -0.2) is 13.1 Å². The van der Waals surface area contributed by atoms with Gasteiger partial charge in [-0.05, 0) is 18.2 Å². The summed E-state index contributed by atoms with van der Waals surface area (Å²) in [4.78, 5) is 14.0. The number of nitrogens with zero attached hydrogens (tertiary/aromatic N) is 3. The van der Waals surface area contributed by atoms with Crippen LogP contribution in [0.1, 0.15) is 5.69 Å². The number of carbonyl (C=O) groups excluding carboxylic acids is 1. The lowest BCUT2D eigenvalue weighted by Crippen LogP contribution is -2.40. The molecule has 2 aromatic rings. The second-order valence-corrected chi connectivity index (χ2v) is 8.23. The molecule has 8 nitrogen and oxygen atoms in total. The number of amides is 1. The second-order valence-electron chi connectivity index (χ2n) is 6.09. The minimum atomic E-state index is -3.44. The van der Waals surface area contributed by atoms with E-state index in [9.17, 15) is 13.2 Å². The Morgan fingerprint density at radius 2 is 1.92 bits per heavy atom. The summed E-state index contributed by atoms with van der Waals surface area (Å²) >= 11 is 0. The van der Waals surface area contributed by atoms with Gasteiger partial charge in [-0.2, -0.15) is 5.10 Å². The number of aromatic nitrogens is 2. The molecule has 0 saturated carbocycles. The van der Waals surface area contributed by atoms with Gasteiger partial charge >= 0.3 is 0 Å². The lowest BCUT2D eigenvalue weighted by molar-refractivity contribution is -0.135. The first-order valence-electron chi connectivity index (χ1n) is 8.19. The Hall–Kier alpha value is -2.23. The maximum Gasteiger partial charge on any atom is 0.238 e. The van der Waals surface area contributed by atoms with Crippen LogP contribution >= 0.6 is 0 Å². The van der Waals surface area contributed by atoms with Gasteiger partial charge in [-0.15, -0.1) is 0 Å². The van der Waals surface area contributed by atoms with E-state index in [0.29, 0.717) is 13.2 Å². The molecule has 0 bridgehead atoms. The molecule has 0 unspecified atom stereocenters. The van der Waals surface area contributed by atoms with Crippen molar-refractivity contribution in [2.45, 2.75) is 12.8 Å². The highest BCUT2D eigenvalue weighted by molar-refractivity contribution is 7.91. The molecule has 1 aromatic carbocycles. The minimum Gasteiger partial charge on any atom is -0.348 e. The van der Waals surface area contributed by atoms with E-state index in [1.54, 1.807) is 16.9 Å². The summed E-state index contributed by atoms with van der Waals surface area (Å²) in [5.41, 5.74) is 1.62. The molecule has 140 valence electrons. The van der Waals surface area contributed by atoms with Crippen LogP contribution in [0.2, 0.25) is 0 Å². The lowest BCUT2D eigenvalue weighted by Gasteiger charge is -2.25. The van der Waals surface area contributed by atoms with Crippen LogP contribution < -0.4 is 0 Å². The highest BCUT2D eigenvalue weighted by Crippen LogP contribution is 2.15. The number of rotatable bonds is 7. The average Bonchev–Trinajstić information content (AvgIpc) is 3.25. The third-order valence-electron chi connectivity index (χ3n) is 3.87. The van der Waals surface area contributed by atoms with Crippen molar-refractivity contribution in [1.82, 2.24) is 14.7 Å². The molecule has 0 atom stereocenters. The van der Waals surface area contributed by atoms with Crippen LogP contribution in [0.4, 0.5) is 0 Å². The first-order valence-corrected chi connectivity index (χ1v) is 10.3. The quantitative estimate of drug-likeness (QED) is 0.700. The zero-order valence-electron chi connectivity index (χ0n) is 14.4. The largest absolute Gasteiger partial charge is 0.348 e. The van der Waals surface area contributed by atoms with Crippen LogP contribution in [0, 0.1) is 0 Å². The Balaban J connectivity index is 1.81. The van der Waals surface area contributed by atoms with Crippen molar-refractivity contribution in [3.05, 3.63) is 48.3 Å². The van der Waals surface area contributed by atoms with Crippen molar-refractivity contribution < 1.29 is 22.7 Å². The third-order valence-corrected chi connectivity index (χ3v) is 4.64. The molecule has 1 aromatic heterocycles. The summed E-state index contributed by atoms with van der Waals surface area (Å²) < 4.78 is 35.6. The Kier molecular flexibility index (Phi) is 5.70. The summed E-state index contributed by atoms with van der Waals surface area (Å²) in [6, 6.07) is 11.3. The van der Waals surface area contributed by atoms with Gasteiger partial charge < -0.3 is 14.4 Å². The predicted molar refractivity (Wildman–Crippen MR) is 94.4 cm³/mol. The van der Waals surface area contributed by atoms with Gasteiger partial charge in [0.1, 0.15) is 5.75 Å². The van der Waals surface area contributed by atoms with Gasteiger partial charge in [0.25, 0.3) is 0 Å². The molecule has 0 aliphatic carbocycles. The molecule has 26 heavy (non-hydrogen) atoms. The Morgan fingerprint density at radius 1 is 1.23 bits per heavy atom. The van der Waals surface area contributed by atoms with Gasteiger partial charge in [0.15, 0.2) is 16.1 Å². The highest BCUT2D eigenvalue weighted by Gasteiger charge is 2.26. The number of carbonyl (C=O) groups is 1. The molecule has 9 heteroatoms. The Labute approximate surface area is 152 Å². The fraction of sp³-hybridized carbons (Fsp3) is 0.412. The normalized spacial score (nSPS) is 15.3. The van der Waals surface area contributed by atoms with Crippen LogP contribution in [0.25, 0.3) is 5.69 Å². The SMILES string of the molecule is CS(=O)(=O)CC(=O)N(Cc1ccnn1-c1ccccc1)CC1OCCO1. The van der Waals surface area contributed by atoms with Crippen molar-refractivity contribution in [3.8, 4) is 5.69 Å². The van der Waals surface area contributed by atoms with Crippen molar-refractivity contribution in [3.63, 3.8) is 0 Å². The van der Waals surface area contributed by atoms with Crippen LogP contribution in [0.15, 0.2) is 42.6 Å². The number of para-hydroxylation sites is 1. The number of benzene rings is 1. The molecule has 0 radical (unpaired) electrons. The van der Waals surface area contributed by atoms with Crippen LogP contribution in [-0.2, 0) is 30.7 Å². The molecule has 0 spiro atoms. The molecular weight excluding hydrogens is 358 g/mol. The smallest absolute Gasteiger partial charge is 0.238 e. The lowest BCUT2D eigenvalue weighted by atomic mass is 10.3. The molecule has 0 N–H and O–H groups in total. The highest BCUT2D eigenvalue weighted by atomic mass is 32.2.